The fraction of sp³-hybridized carbons (Fsp3) is 0.235. The highest BCUT2D eigenvalue weighted by Gasteiger charge is 2.19. The lowest BCUT2D eigenvalue weighted by molar-refractivity contribution is -0.129. The molecule has 3 heteroatoms. The van der Waals surface area contributed by atoms with Gasteiger partial charge in [0.2, 0.25) is 5.91 Å². The normalized spacial score (nSPS) is 14.8. The van der Waals surface area contributed by atoms with Crippen molar-refractivity contribution in [3.8, 4) is 11.1 Å². The average molecular weight is 264 g/mol. The van der Waals surface area contributed by atoms with Crippen molar-refractivity contribution in [3.05, 3.63) is 48.2 Å². The largest absolute Gasteiger partial charge is 0.345 e. The molecular weight excluding hydrogens is 248 g/mol. The van der Waals surface area contributed by atoms with Crippen LogP contribution in [0.2, 0.25) is 0 Å². The first-order valence-corrected chi connectivity index (χ1v) is 6.99. The van der Waals surface area contributed by atoms with Gasteiger partial charge in [-0.05, 0) is 16.7 Å². The number of carbonyl (C=O) groups is 1. The molecule has 0 saturated carbocycles. The van der Waals surface area contributed by atoms with Gasteiger partial charge in [-0.1, -0.05) is 36.4 Å². The van der Waals surface area contributed by atoms with Gasteiger partial charge in [0.05, 0.1) is 5.52 Å². The molecule has 1 aromatic carbocycles. The van der Waals surface area contributed by atoms with Crippen LogP contribution in [0.3, 0.4) is 0 Å². The molecule has 0 bridgehead atoms. The van der Waals surface area contributed by atoms with Crippen LogP contribution >= 0.6 is 0 Å². The van der Waals surface area contributed by atoms with E-state index < -0.39 is 0 Å². The fourth-order valence-corrected chi connectivity index (χ4v) is 3.26. The molecule has 1 aromatic rings. The van der Waals surface area contributed by atoms with Crippen molar-refractivity contribution in [3.63, 3.8) is 0 Å². The molecular formula is C17H16N2O. The van der Waals surface area contributed by atoms with E-state index >= 15 is 0 Å². The highest BCUT2D eigenvalue weighted by Crippen LogP contribution is 2.34. The molecule has 0 radical (unpaired) electrons. The van der Waals surface area contributed by atoms with Gasteiger partial charge in [-0.15, -0.1) is 0 Å². The third kappa shape index (κ3) is 1.56. The standard InChI is InChI=1S/C17H16N2O/c1-12(20)18-8-9-19-10-13-4-2-6-15(13)16-7-3-5-14(11-18)17(16)19/h2-7,10H,8-9,11H2,1H3. The number of hydrogen-bond acceptors (Lipinski definition) is 1. The summed E-state index contributed by atoms with van der Waals surface area (Å²) in [7, 11) is 0. The van der Waals surface area contributed by atoms with E-state index in [0.717, 1.165) is 13.1 Å². The molecule has 0 saturated heterocycles. The number of para-hydroxylation sites is 1. The van der Waals surface area contributed by atoms with Crippen molar-refractivity contribution in [2.45, 2.75) is 20.0 Å². The number of rotatable bonds is 0. The highest BCUT2D eigenvalue weighted by atomic mass is 16.2. The number of hydrogen-bond donors (Lipinski definition) is 0. The van der Waals surface area contributed by atoms with Gasteiger partial charge in [0, 0.05) is 38.1 Å². The van der Waals surface area contributed by atoms with Crippen LogP contribution in [-0.2, 0) is 17.9 Å². The van der Waals surface area contributed by atoms with Crippen LogP contribution in [-0.4, -0.2) is 21.9 Å². The summed E-state index contributed by atoms with van der Waals surface area (Å²) in [5, 5.41) is 1.29. The van der Waals surface area contributed by atoms with Crippen molar-refractivity contribution in [1.82, 2.24) is 9.47 Å². The highest BCUT2D eigenvalue weighted by molar-refractivity contribution is 5.98. The van der Waals surface area contributed by atoms with Gasteiger partial charge >= 0.3 is 0 Å². The SMILES string of the molecule is CC(=O)N1CCn2cc3cccc-3c3cccc(c32)C1. The Balaban J connectivity index is 2.04. The van der Waals surface area contributed by atoms with E-state index in [1.165, 1.54) is 27.6 Å². The third-order valence-electron chi connectivity index (χ3n) is 4.26. The predicted molar refractivity (Wildman–Crippen MR) is 79.7 cm³/mol. The van der Waals surface area contributed by atoms with Gasteiger partial charge in [0.25, 0.3) is 0 Å². The molecule has 4 rings (SSSR count). The molecule has 2 aliphatic heterocycles. The minimum absolute atomic E-state index is 0.148. The summed E-state index contributed by atoms with van der Waals surface area (Å²) in [5.74, 6) is 0.148. The van der Waals surface area contributed by atoms with E-state index in [9.17, 15) is 4.79 Å². The maximum Gasteiger partial charge on any atom is 0.219 e. The van der Waals surface area contributed by atoms with Crippen LogP contribution < -0.4 is 0 Å². The molecule has 0 unspecified atom stereocenters. The maximum atomic E-state index is 11.7. The monoisotopic (exact) mass is 264 g/mol. The Labute approximate surface area is 117 Å². The van der Waals surface area contributed by atoms with Crippen molar-refractivity contribution in [1.29, 1.82) is 0 Å². The number of aromatic nitrogens is 1. The van der Waals surface area contributed by atoms with E-state index in [2.05, 4.69) is 47.2 Å². The average Bonchev–Trinajstić information content (AvgIpc) is 2.82. The van der Waals surface area contributed by atoms with Gasteiger partial charge in [-0.3, -0.25) is 4.79 Å². The van der Waals surface area contributed by atoms with E-state index in [-0.39, 0.29) is 5.91 Å². The number of nitrogens with zero attached hydrogens (tertiary/aromatic N) is 2. The first-order chi connectivity index (χ1) is 9.74. The summed E-state index contributed by atoms with van der Waals surface area (Å²) in [6, 6.07) is 12.8. The van der Waals surface area contributed by atoms with E-state index in [1.54, 1.807) is 6.92 Å². The topological polar surface area (TPSA) is 25.2 Å². The summed E-state index contributed by atoms with van der Waals surface area (Å²) in [6.45, 7) is 3.99. The number of pyridine rings is 1. The Hall–Kier alpha value is -2.29. The lowest BCUT2D eigenvalue weighted by Crippen LogP contribution is -2.29. The van der Waals surface area contributed by atoms with Crippen LogP contribution in [0.4, 0.5) is 0 Å². The van der Waals surface area contributed by atoms with Crippen molar-refractivity contribution < 1.29 is 4.79 Å². The van der Waals surface area contributed by atoms with E-state index in [4.69, 9.17) is 0 Å². The first kappa shape index (κ1) is 11.5. The molecule has 0 fully saturated rings. The van der Waals surface area contributed by atoms with E-state index in [0.29, 0.717) is 6.54 Å². The Morgan fingerprint density at radius 2 is 1.95 bits per heavy atom. The Kier molecular flexibility index (Phi) is 2.36. The Morgan fingerprint density at radius 3 is 2.80 bits per heavy atom. The minimum Gasteiger partial charge on any atom is -0.345 e. The van der Waals surface area contributed by atoms with Gasteiger partial charge in [-0.25, -0.2) is 0 Å². The minimum atomic E-state index is 0.148. The molecule has 100 valence electrons. The van der Waals surface area contributed by atoms with Gasteiger partial charge in [-0.2, -0.15) is 0 Å². The summed E-state index contributed by atoms with van der Waals surface area (Å²) in [6.07, 6.45) is 2.21. The zero-order chi connectivity index (χ0) is 13.7. The molecule has 3 aliphatic rings. The van der Waals surface area contributed by atoms with Crippen LogP contribution in [0, 0.1) is 0 Å². The zero-order valence-corrected chi connectivity index (χ0v) is 11.5. The molecule has 1 amide bonds. The second-order valence-electron chi connectivity index (χ2n) is 5.47. The van der Waals surface area contributed by atoms with Gasteiger partial charge in [0.15, 0.2) is 0 Å². The summed E-state index contributed by atoms with van der Waals surface area (Å²) < 4.78 is 2.30. The third-order valence-corrected chi connectivity index (χ3v) is 4.26. The second-order valence-corrected chi connectivity index (χ2v) is 5.47. The van der Waals surface area contributed by atoms with E-state index in [1.807, 2.05) is 4.90 Å². The zero-order valence-electron chi connectivity index (χ0n) is 11.5. The molecule has 0 aromatic heterocycles. The number of carbonyl (C=O) groups excluding carboxylic acids is 1. The molecule has 20 heavy (non-hydrogen) atoms. The van der Waals surface area contributed by atoms with Gasteiger partial charge < -0.3 is 9.47 Å². The second kappa shape index (κ2) is 4.10. The maximum absolute atomic E-state index is 11.7. The first-order valence-electron chi connectivity index (χ1n) is 6.99. The van der Waals surface area contributed by atoms with Crippen molar-refractivity contribution >= 4 is 16.8 Å². The van der Waals surface area contributed by atoms with Crippen molar-refractivity contribution in [2.24, 2.45) is 0 Å². The number of fused-ring (bicyclic) bond motifs is 2. The lowest BCUT2D eigenvalue weighted by Gasteiger charge is -2.18. The quantitative estimate of drug-likeness (QED) is 0.612. The predicted octanol–water partition coefficient (Wildman–Crippen LogP) is 3.11. The molecule has 2 heterocycles. The number of amides is 1. The molecule has 0 spiro atoms. The molecule has 3 nitrogen and oxygen atoms in total. The van der Waals surface area contributed by atoms with Crippen LogP contribution in [0.1, 0.15) is 12.5 Å². The fourth-order valence-electron chi connectivity index (χ4n) is 3.26. The van der Waals surface area contributed by atoms with Gasteiger partial charge in [0.1, 0.15) is 0 Å². The molecule has 1 aliphatic carbocycles. The lowest BCUT2D eigenvalue weighted by atomic mass is 10.0. The smallest absolute Gasteiger partial charge is 0.219 e. The molecule has 0 atom stereocenters. The van der Waals surface area contributed by atoms with Crippen LogP contribution in [0.5, 0.6) is 0 Å². The summed E-state index contributed by atoms with van der Waals surface area (Å²) in [5.41, 5.74) is 5.08. The Bertz CT molecular complexity index is 787. The summed E-state index contributed by atoms with van der Waals surface area (Å²) in [4.78, 5) is 13.6. The Morgan fingerprint density at radius 1 is 1.10 bits per heavy atom. The number of benzene rings is 1. The van der Waals surface area contributed by atoms with Crippen LogP contribution in [0.15, 0.2) is 42.6 Å². The van der Waals surface area contributed by atoms with Crippen molar-refractivity contribution in [2.75, 3.05) is 6.54 Å². The molecule has 0 N–H and O–H groups in total. The van der Waals surface area contributed by atoms with Crippen LogP contribution in [0.25, 0.3) is 22.0 Å². The summed E-state index contributed by atoms with van der Waals surface area (Å²) >= 11 is 0.